The molecule has 1 aliphatic heterocycles. The Bertz CT molecular complexity index is 633. The fourth-order valence-electron chi connectivity index (χ4n) is 2.32. The highest BCUT2D eigenvalue weighted by molar-refractivity contribution is 5.84. The third-order valence-corrected chi connectivity index (χ3v) is 3.28. The summed E-state index contributed by atoms with van der Waals surface area (Å²) in [5.74, 6) is 0.123. The first kappa shape index (κ1) is 12.6. The normalized spacial score (nSPS) is 13.4. The standard InChI is InChI=1S/C15H15NO4/c17-15(18)13-7-6-11(20-13)9-19-12-5-1-3-10-4-2-8-16-14(10)12/h1,3,5-7,16H,2,4,8-9H2,(H,17,18). The van der Waals surface area contributed by atoms with Gasteiger partial charge in [-0.3, -0.25) is 0 Å². The van der Waals surface area contributed by atoms with Crippen molar-refractivity contribution in [1.82, 2.24) is 0 Å². The van der Waals surface area contributed by atoms with Gasteiger partial charge >= 0.3 is 5.97 Å². The van der Waals surface area contributed by atoms with Gasteiger partial charge in [-0.25, -0.2) is 4.79 Å². The molecular weight excluding hydrogens is 258 g/mol. The van der Waals surface area contributed by atoms with E-state index >= 15 is 0 Å². The molecule has 5 heteroatoms. The van der Waals surface area contributed by atoms with Crippen LogP contribution in [0.2, 0.25) is 0 Å². The Labute approximate surface area is 116 Å². The Morgan fingerprint density at radius 2 is 2.25 bits per heavy atom. The molecule has 0 aliphatic carbocycles. The molecule has 5 nitrogen and oxygen atoms in total. The molecule has 0 radical (unpaired) electrons. The van der Waals surface area contributed by atoms with Gasteiger partial charge in [0.1, 0.15) is 18.1 Å². The Kier molecular flexibility index (Phi) is 3.33. The summed E-state index contributed by atoms with van der Waals surface area (Å²) in [6, 6.07) is 9.00. The summed E-state index contributed by atoms with van der Waals surface area (Å²) in [5, 5.41) is 12.1. The van der Waals surface area contributed by atoms with Crippen molar-refractivity contribution in [2.75, 3.05) is 11.9 Å². The Morgan fingerprint density at radius 3 is 3.05 bits per heavy atom. The highest BCUT2D eigenvalue weighted by atomic mass is 16.5. The van der Waals surface area contributed by atoms with Gasteiger partial charge in [-0.05, 0) is 36.6 Å². The smallest absolute Gasteiger partial charge is 0.371 e. The summed E-state index contributed by atoms with van der Waals surface area (Å²) in [6.45, 7) is 1.16. The molecule has 20 heavy (non-hydrogen) atoms. The number of aryl methyl sites for hydroxylation is 1. The number of benzene rings is 1. The van der Waals surface area contributed by atoms with E-state index in [1.165, 1.54) is 11.6 Å². The van der Waals surface area contributed by atoms with Crippen molar-refractivity contribution in [3.05, 3.63) is 47.4 Å². The van der Waals surface area contributed by atoms with Crippen molar-refractivity contribution in [2.45, 2.75) is 19.4 Å². The second-order valence-corrected chi connectivity index (χ2v) is 4.68. The predicted octanol–water partition coefficient (Wildman–Crippen LogP) is 2.91. The van der Waals surface area contributed by atoms with E-state index < -0.39 is 5.97 Å². The van der Waals surface area contributed by atoms with Crippen LogP contribution < -0.4 is 10.1 Å². The van der Waals surface area contributed by atoms with Crippen LogP contribution in [0.15, 0.2) is 34.7 Å². The van der Waals surface area contributed by atoms with Gasteiger partial charge in [0.05, 0.1) is 5.69 Å². The van der Waals surface area contributed by atoms with Crippen LogP contribution in [0, 0.1) is 0 Å². The number of ether oxygens (including phenoxy) is 1. The van der Waals surface area contributed by atoms with Crippen LogP contribution in [-0.2, 0) is 13.0 Å². The van der Waals surface area contributed by atoms with Gasteiger partial charge in [0.25, 0.3) is 0 Å². The Balaban J connectivity index is 1.73. The molecule has 2 aromatic rings. The second-order valence-electron chi connectivity index (χ2n) is 4.68. The molecule has 3 rings (SSSR count). The zero-order chi connectivity index (χ0) is 13.9. The summed E-state index contributed by atoms with van der Waals surface area (Å²) in [4.78, 5) is 10.7. The van der Waals surface area contributed by atoms with Gasteiger partial charge in [-0.1, -0.05) is 12.1 Å². The van der Waals surface area contributed by atoms with E-state index in [0.717, 1.165) is 30.8 Å². The molecular formula is C15H15NO4. The number of nitrogens with one attached hydrogen (secondary N) is 1. The van der Waals surface area contributed by atoms with Crippen molar-refractivity contribution in [3.63, 3.8) is 0 Å². The second kappa shape index (κ2) is 5.28. The van der Waals surface area contributed by atoms with Crippen LogP contribution in [0.3, 0.4) is 0 Å². The van der Waals surface area contributed by atoms with Gasteiger partial charge in [0, 0.05) is 6.54 Å². The molecule has 0 atom stereocenters. The van der Waals surface area contributed by atoms with Gasteiger partial charge < -0.3 is 19.6 Å². The van der Waals surface area contributed by atoms with E-state index in [1.54, 1.807) is 6.07 Å². The first-order valence-electron chi connectivity index (χ1n) is 6.54. The first-order chi connectivity index (χ1) is 9.74. The maximum Gasteiger partial charge on any atom is 0.371 e. The summed E-state index contributed by atoms with van der Waals surface area (Å²) >= 11 is 0. The van der Waals surface area contributed by atoms with Crippen LogP contribution in [0.25, 0.3) is 0 Å². The molecule has 0 saturated heterocycles. The lowest BCUT2D eigenvalue weighted by Gasteiger charge is -2.20. The molecule has 0 bridgehead atoms. The van der Waals surface area contributed by atoms with Crippen LogP contribution in [0.1, 0.15) is 28.3 Å². The maximum absolute atomic E-state index is 10.7. The predicted molar refractivity (Wildman–Crippen MR) is 73.3 cm³/mol. The summed E-state index contributed by atoms with van der Waals surface area (Å²) in [7, 11) is 0. The fourth-order valence-corrected chi connectivity index (χ4v) is 2.32. The topological polar surface area (TPSA) is 71.7 Å². The molecule has 1 aliphatic rings. The molecule has 0 unspecified atom stereocenters. The number of carboxylic acid groups (broad SMARTS) is 1. The lowest BCUT2D eigenvalue weighted by atomic mass is 10.0. The lowest BCUT2D eigenvalue weighted by Crippen LogP contribution is -2.13. The quantitative estimate of drug-likeness (QED) is 0.896. The van der Waals surface area contributed by atoms with Gasteiger partial charge in [-0.15, -0.1) is 0 Å². The third-order valence-electron chi connectivity index (χ3n) is 3.28. The third kappa shape index (κ3) is 2.47. The minimum absolute atomic E-state index is 0.0724. The molecule has 0 saturated carbocycles. The van der Waals surface area contributed by atoms with E-state index in [2.05, 4.69) is 11.4 Å². The van der Waals surface area contributed by atoms with Gasteiger partial charge in [0.15, 0.2) is 0 Å². The van der Waals surface area contributed by atoms with Crippen molar-refractivity contribution in [3.8, 4) is 5.75 Å². The van der Waals surface area contributed by atoms with E-state index in [4.69, 9.17) is 14.3 Å². The highest BCUT2D eigenvalue weighted by Gasteiger charge is 2.14. The highest BCUT2D eigenvalue weighted by Crippen LogP contribution is 2.32. The number of furan rings is 1. The fraction of sp³-hybridized carbons (Fsp3) is 0.267. The monoisotopic (exact) mass is 273 g/mol. The number of anilines is 1. The van der Waals surface area contributed by atoms with Crippen molar-refractivity contribution in [2.24, 2.45) is 0 Å². The van der Waals surface area contributed by atoms with Gasteiger partial charge in [0.2, 0.25) is 5.76 Å². The zero-order valence-electron chi connectivity index (χ0n) is 10.9. The maximum atomic E-state index is 10.7. The van der Waals surface area contributed by atoms with Crippen molar-refractivity contribution >= 4 is 11.7 Å². The number of carboxylic acids is 1. The number of aromatic carboxylic acids is 1. The number of hydrogen-bond acceptors (Lipinski definition) is 4. The largest absolute Gasteiger partial charge is 0.483 e. The summed E-state index contributed by atoms with van der Waals surface area (Å²) < 4.78 is 10.9. The molecule has 2 N–H and O–H groups in total. The SMILES string of the molecule is O=C(O)c1ccc(COc2cccc3c2NCCC3)o1. The Morgan fingerprint density at radius 1 is 1.35 bits per heavy atom. The molecule has 0 amide bonds. The molecule has 0 spiro atoms. The average molecular weight is 273 g/mol. The zero-order valence-corrected chi connectivity index (χ0v) is 10.9. The van der Waals surface area contributed by atoms with Crippen LogP contribution in [0.4, 0.5) is 5.69 Å². The molecule has 1 aromatic carbocycles. The number of rotatable bonds is 4. The van der Waals surface area contributed by atoms with E-state index in [1.807, 2.05) is 12.1 Å². The molecule has 104 valence electrons. The van der Waals surface area contributed by atoms with Crippen LogP contribution in [-0.4, -0.2) is 17.6 Å². The number of carbonyl (C=O) groups is 1. The van der Waals surface area contributed by atoms with E-state index in [-0.39, 0.29) is 12.4 Å². The number of para-hydroxylation sites is 1. The summed E-state index contributed by atoms with van der Waals surface area (Å²) in [5.41, 5.74) is 2.28. The minimum atomic E-state index is -1.07. The summed E-state index contributed by atoms with van der Waals surface area (Å²) in [6.07, 6.45) is 2.17. The van der Waals surface area contributed by atoms with E-state index in [9.17, 15) is 4.79 Å². The average Bonchev–Trinajstić information content (AvgIpc) is 2.94. The number of fused-ring (bicyclic) bond motifs is 1. The minimum Gasteiger partial charge on any atom is -0.483 e. The molecule has 0 fully saturated rings. The van der Waals surface area contributed by atoms with Crippen LogP contribution >= 0.6 is 0 Å². The van der Waals surface area contributed by atoms with Gasteiger partial charge in [-0.2, -0.15) is 0 Å². The van der Waals surface area contributed by atoms with Crippen molar-refractivity contribution < 1.29 is 19.1 Å². The first-order valence-corrected chi connectivity index (χ1v) is 6.54. The lowest BCUT2D eigenvalue weighted by molar-refractivity contribution is 0.0658. The molecule has 2 heterocycles. The van der Waals surface area contributed by atoms with E-state index in [0.29, 0.717) is 5.76 Å². The number of hydrogen-bond donors (Lipinski definition) is 2. The molecule has 1 aromatic heterocycles. The van der Waals surface area contributed by atoms with Crippen molar-refractivity contribution in [1.29, 1.82) is 0 Å². The Hall–Kier alpha value is -2.43. The van der Waals surface area contributed by atoms with Crippen LogP contribution in [0.5, 0.6) is 5.75 Å².